The van der Waals surface area contributed by atoms with E-state index in [4.69, 9.17) is 0 Å². The Balaban J connectivity index is 1.75. The van der Waals surface area contributed by atoms with Crippen molar-refractivity contribution in [2.24, 2.45) is 0 Å². The van der Waals surface area contributed by atoms with Crippen molar-refractivity contribution < 1.29 is 4.39 Å². The molecule has 0 saturated heterocycles. The molecule has 2 N–H and O–H groups in total. The maximum Gasteiger partial charge on any atom is 0.288 e. The molecule has 0 amide bonds. The molecular formula is C22H20FN7O. The second-order valence-electron chi connectivity index (χ2n) is 8.54. The van der Waals surface area contributed by atoms with Crippen molar-refractivity contribution in [2.45, 2.75) is 32.2 Å². The number of fused-ring (bicyclic) bond motifs is 2. The number of benzene rings is 2. The summed E-state index contributed by atoms with van der Waals surface area (Å²) in [4.78, 5) is 12.7. The molecule has 2 aromatic heterocycles. The van der Waals surface area contributed by atoms with Crippen molar-refractivity contribution in [3.05, 3.63) is 81.4 Å². The van der Waals surface area contributed by atoms with E-state index in [0.717, 1.165) is 5.56 Å². The summed E-state index contributed by atoms with van der Waals surface area (Å²) >= 11 is 0. The molecular weight excluding hydrogens is 397 g/mol. The normalized spacial score (nSPS) is 15.2. The number of halogens is 1. The zero-order chi connectivity index (χ0) is 21.8. The van der Waals surface area contributed by atoms with Crippen molar-refractivity contribution in [2.75, 3.05) is 5.32 Å². The van der Waals surface area contributed by atoms with Gasteiger partial charge in [0.2, 0.25) is 5.95 Å². The Hall–Kier alpha value is -3.88. The first-order valence-electron chi connectivity index (χ1n) is 9.87. The Bertz CT molecular complexity index is 1320. The summed E-state index contributed by atoms with van der Waals surface area (Å²) in [5.41, 5.74) is 3.84. The monoisotopic (exact) mass is 417 g/mol. The van der Waals surface area contributed by atoms with Gasteiger partial charge in [-0.05, 0) is 51.2 Å². The Labute approximate surface area is 177 Å². The molecule has 0 saturated carbocycles. The standard InChI is InChI=1S/C22H20FN7O/c1-22(2,3)14-8-4-13(5-9-14)19-16-17(12-6-10-15(23)11-7-12)25-26-20(31)18(16)24-21-27-28-29-30(19)21/h4-11,19H,1-3H3,(H,26,31)(H,24,27,29)/t19-/m1/s1. The Morgan fingerprint density at radius 1 is 1.03 bits per heavy atom. The van der Waals surface area contributed by atoms with E-state index in [2.05, 4.69) is 63.9 Å². The van der Waals surface area contributed by atoms with Gasteiger partial charge in [0.1, 0.15) is 17.5 Å². The van der Waals surface area contributed by atoms with E-state index < -0.39 is 6.04 Å². The fourth-order valence-corrected chi connectivity index (χ4v) is 3.84. The van der Waals surface area contributed by atoms with Gasteiger partial charge in [-0.25, -0.2) is 9.49 Å². The molecule has 1 atom stereocenters. The highest BCUT2D eigenvalue weighted by Crippen LogP contribution is 2.41. The molecule has 1 aliphatic rings. The van der Waals surface area contributed by atoms with Crippen LogP contribution in [0.2, 0.25) is 0 Å². The Kier molecular flexibility index (Phi) is 4.21. The highest BCUT2D eigenvalue weighted by Gasteiger charge is 2.34. The number of nitrogens with zero attached hydrogens (tertiary/aromatic N) is 5. The average Bonchev–Trinajstić information content (AvgIpc) is 3.21. The summed E-state index contributed by atoms with van der Waals surface area (Å²) < 4.78 is 15.1. The first kappa shape index (κ1) is 19.1. The second kappa shape index (κ2) is 6.83. The van der Waals surface area contributed by atoms with Gasteiger partial charge in [0, 0.05) is 11.1 Å². The van der Waals surface area contributed by atoms with Crippen LogP contribution in [0, 0.1) is 5.82 Å². The van der Waals surface area contributed by atoms with Crippen LogP contribution in [0.4, 0.5) is 16.0 Å². The van der Waals surface area contributed by atoms with Crippen molar-refractivity contribution in [3.8, 4) is 11.3 Å². The summed E-state index contributed by atoms with van der Waals surface area (Å²) in [6.07, 6.45) is 0. The zero-order valence-corrected chi connectivity index (χ0v) is 17.2. The van der Waals surface area contributed by atoms with E-state index in [1.54, 1.807) is 16.8 Å². The maximum absolute atomic E-state index is 13.5. The lowest BCUT2D eigenvalue weighted by atomic mass is 9.85. The Morgan fingerprint density at radius 2 is 1.74 bits per heavy atom. The van der Waals surface area contributed by atoms with Gasteiger partial charge in [0.05, 0.1) is 5.69 Å². The average molecular weight is 417 g/mol. The van der Waals surface area contributed by atoms with Gasteiger partial charge in [0.15, 0.2) is 0 Å². The second-order valence-corrected chi connectivity index (χ2v) is 8.54. The Morgan fingerprint density at radius 3 is 2.42 bits per heavy atom. The van der Waals surface area contributed by atoms with Crippen LogP contribution in [0.3, 0.4) is 0 Å². The lowest BCUT2D eigenvalue weighted by molar-refractivity contribution is 0.564. The van der Waals surface area contributed by atoms with Crippen LogP contribution in [0.5, 0.6) is 0 Å². The third-order valence-electron chi connectivity index (χ3n) is 5.48. The summed E-state index contributed by atoms with van der Waals surface area (Å²) in [5, 5.41) is 21.8. The quantitative estimate of drug-likeness (QED) is 0.455. The van der Waals surface area contributed by atoms with Crippen LogP contribution in [0.1, 0.15) is 43.5 Å². The van der Waals surface area contributed by atoms with Crippen LogP contribution in [0.25, 0.3) is 11.3 Å². The SMILES string of the molecule is CC(C)(C)c1ccc([C@@H]2c3c(-c4ccc(F)cc4)n[nH]c(=O)c3Nc3nnnn32)cc1. The molecule has 3 heterocycles. The van der Waals surface area contributed by atoms with E-state index in [0.29, 0.717) is 28.5 Å². The number of H-pyrrole nitrogens is 1. The molecule has 1 aliphatic heterocycles. The van der Waals surface area contributed by atoms with Gasteiger partial charge in [-0.2, -0.15) is 9.78 Å². The fraction of sp³-hybridized carbons (Fsp3) is 0.227. The molecule has 5 rings (SSSR count). The predicted molar refractivity (Wildman–Crippen MR) is 114 cm³/mol. The maximum atomic E-state index is 13.5. The van der Waals surface area contributed by atoms with E-state index in [1.807, 2.05) is 12.1 Å². The summed E-state index contributed by atoms with van der Waals surface area (Å²) in [6.45, 7) is 6.45. The summed E-state index contributed by atoms with van der Waals surface area (Å²) in [7, 11) is 0. The van der Waals surface area contributed by atoms with E-state index >= 15 is 0 Å². The van der Waals surface area contributed by atoms with Crippen LogP contribution in [0.15, 0.2) is 53.3 Å². The van der Waals surface area contributed by atoms with Crippen molar-refractivity contribution in [1.29, 1.82) is 0 Å². The first-order valence-corrected chi connectivity index (χ1v) is 9.87. The number of hydrogen-bond donors (Lipinski definition) is 2. The third kappa shape index (κ3) is 3.18. The third-order valence-corrected chi connectivity index (χ3v) is 5.48. The van der Waals surface area contributed by atoms with Crippen LogP contribution in [-0.4, -0.2) is 30.4 Å². The molecule has 4 aromatic rings. The molecule has 0 bridgehead atoms. The molecule has 0 fully saturated rings. The van der Waals surface area contributed by atoms with Crippen molar-refractivity contribution >= 4 is 11.6 Å². The number of tetrazole rings is 1. The number of rotatable bonds is 2. The molecule has 2 aromatic carbocycles. The summed E-state index contributed by atoms with van der Waals surface area (Å²) in [5.74, 6) is 0.0106. The van der Waals surface area contributed by atoms with Crippen LogP contribution in [-0.2, 0) is 5.41 Å². The van der Waals surface area contributed by atoms with E-state index in [9.17, 15) is 9.18 Å². The van der Waals surface area contributed by atoms with Gasteiger partial charge in [-0.1, -0.05) is 50.1 Å². The molecule has 0 spiro atoms. The molecule has 8 nitrogen and oxygen atoms in total. The minimum Gasteiger partial charge on any atom is -0.318 e. The smallest absolute Gasteiger partial charge is 0.288 e. The van der Waals surface area contributed by atoms with Gasteiger partial charge >= 0.3 is 0 Å². The highest BCUT2D eigenvalue weighted by molar-refractivity contribution is 5.75. The van der Waals surface area contributed by atoms with Gasteiger partial charge in [-0.3, -0.25) is 4.79 Å². The largest absolute Gasteiger partial charge is 0.318 e. The van der Waals surface area contributed by atoms with Crippen LogP contribution < -0.4 is 10.9 Å². The van der Waals surface area contributed by atoms with Crippen molar-refractivity contribution in [3.63, 3.8) is 0 Å². The van der Waals surface area contributed by atoms with Gasteiger partial charge in [0.25, 0.3) is 5.56 Å². The number of aromatic nitrogens is 6. The molecule has 0 radical (unpaired) electrons. The number of hydrogen-bond acceptors (Lipinski definition) is 6. The molecule has 0 aliphatic carbocycles. The molecule has 9 heteroatoms. The number of anilines is 2. The molecule has 31 heavy (non-hydrogen) atoms. The number of nitrogens with one attached hydrogen (secondary N) is 2. The molecule has 0 unspecified atom stereocenters. The minimum absolute atomic E-state index is 0.00248. The first-order chi connectivity index (χ1) is 14.8. The highest BCUT2D eigenvalue weighted by atomic mass is 19.1. The lowest BCUT2D eigenvalue weighted by Gasteiger charge is -2.28. The number of aromatic amines is 1. The topological polar surface area (TPSA) is 101 Å². The van der Waals surface area contributed by atoms with Gasteiger partial charge in [-0.15, -0.1) is 0 Å². The minimum atomic E-state index is -0.481. The van der Waals surface area contributed by atoms with E-state index in [1.165, 1.54) is 17.7 Å². The lowest BCUT2D eigenvalue weighted by Crippen LogP contribution is -2.29. The summed E-state index contributed by atoms with van der Waals surface area (Å²) in [6, 6.07) is 13.7. The van der Waals surface area contributed by atoms with E-state index in [-0.39, 0.29) is 16.8 Å². The zero-order valence-electron chi connectivity index (χ0n) is 17.2. The fourth-order valence-electron chi connectivity index (χ4n) is 3.84. The van der Waals surface area contributed by atoms with Gasteiger partial charge < -0.3 is 5.32 Å². The van der Waals surface area contributed by atoms with Crippen LogP contribution >= 0.6 is 0 Å². The molecule has 156 valence electrons. The van der Waals surface area contributed by atoms with Crippen molar-refractivity contribution in [1.82, 2.24) is 30.4 Å². The predicted octanol–water partition coefficient (Wildman–Crippen LogP) is 3.55.